The first-order valence-corrected chi connectivity index (χ1v) is 10.4. The Labute approximate surface area is 184 Å². The highest BCUT2D eigenvalue weighted by Crippen LogP contribution is 2.30. The fourth-order valence-corrected chi connectivity index (χ4v) is 4.14. The van der Waals surface area contributed by atoms with E-state index in [-0.39, 0.29) is 11.1 Å². The van der Waals surface area contributed by atoms with E-state index in [9.17, 15) is 4.79 Å². The predicted molar refractivity (Wildman–Crippen MR) is 116 cm³/mol. The van der Waals surface area contributed by atoms with Crippen molar-refractivity contribution in [3.63, 3.8) is 0 Å². The zero-order valence-electron chi connectivity index (χ0n) is 17.3. The van der Waals surface area contributed by atoms with Crippen LogP contribution in [0.3, 0.4) is 0 Å². The van der Waals surface area contributed by atoms with Crippen LogP contribution >= 0.6 is 11.6 Å². The molecule has 3 aromatic rings. The number of nitrogens with one attached hydrogen (secondary N) is 1. The van der Waals surface area contributed by atoms with Crippen LogP contribution in [0.4, 0.5) is 5.69 Å². The average molecular weight is 440 g/mol. The molecule has 3 aromatic heterocycles. The van der Waals surface area contributed by atoms with Gasteiger partial charge in [0.25, 0.3) is 5.56 Å². The number of nitrogens with zero attached hydrogens (tertiary/aromatic N) is 6. The maximum absolute atomic E-state index is 11.7. The summed E-state index contributed by atoms with van der Waals surface area (Å²) in [5, 5.41) is 19.7. The summed E-state index contributed by atoms with van der Waals surface area (Å²) in [6.07, 6.45) is 4.38. The molecule has 10 heteroatoms. The SMILES string of the molecule is Cc1nn(CCC#N)c(C)c1-c1ccnc(O[C@@H]2CCN(c3cn[nH]c(=O)c3Cl)C2)c1. The highest BCUT2D eigenvalue weighted by atomic mass is 35.5. The van der Waals surface area contributed by atoms with Crippen LogP contribution in [-0.4, -0.2) is 44.2 Å². The van der Waals surface area contributed by atoms with E-state index in [2.05, 4.69) is 26.3 Å². The van der Waals surface area contributed by atoms with Crippen LogP contribution in [0.5, 0.6) is 5.88 Å². The fraction of sp³-hybridized carbons (Fsp3) is 0.381. The molecule has 9 nitrogen and oxygen atoms in total. The minimum Gasteiger partial charge on any atom is -0.472 e. The van der Waals surface area contributed by atoms with E-state index in [1.165, 1.54) is 0 Å². The quantitative estimate of drug-likeness (QED) is 0.628. The Morgan fingerprint density at radius 2 is 2.26 bits per heavy atom. The molecule has 0 aromatic carbocycles. The standard InChI is InChI=1S/C21H22ClN7O2/c1-13-19(14(2)29(27-13)8-3-6-23)15-4-7-24-18(10-15)31-16-5-9-28(12-16)17-11-25-26-21(30)20(17)22/h4,7,10-11,16H,3,5,8-9,12H2,1-2H3,(H,26,30)/t16-/m1/s1. The first-order chi connectivity index (χ1) is 15.0. The van der Waals surface area contributed by atoms with Gasteiger partial charge in [0.15, 0.2) is 0 Å². The molecule has 0 radical (unpaired) electrons. The molecule has 1 aliphatic rings. The van der Waals surface area contributed by atoms with Crippen molar-refractivity contribution >= 4 is 17.3 Å². The second-order valence-corrected chi connectivity index (χ2v) is 7.81. The number of hydrogen-bond acceptors (Lipinski definition) is 7. The van der Waals surface area contributed by atoms with Gasteiger partial charge in [0.2, 0.25) is 5.88 Å². The summed E-state index contributed by atoms with van der Waals surface area (Å²) in [6.45, 7) is 5.82. The molecule has 160 valence electrons. The molecule has 4 rings (SSSR count). The van der Waals surface area contributed by atoms with Gasteiger partial charge in [0.05, 0.1) is 43.2 Å². The number of H-pyrrole nitrogens is 1. The molecule has 0 spiro atoms. The van der Waals surface area contributed by atoms with E-state index in [0.717, 1.165) is 28.9 Å². The molecule has 1 atom stereocenters. The Bertz CT molecular complexity index is 1200. The Hall–Kier alpha value is -3.38. The zero-order chi connectivity index (χ0) is 22.0. The second-order valence-electron chi connectivity index (χ2n) is 7.43. The molecule has 31 heavy (non-hydrogen) atoms. The summed E-state index contributed by atoms with van der Waals surface area (Å²) in [6, 6.07) is 6.00. The van der Waals surface area contributed by atoms with Gasteiger partial charge in [-0.1, -0.05) is 11.6 Å². The molecular weight excluding hydrogens is 418 g/mol. The van der Waals surface area contributed by atoms with Crippen molar-refractivity contribution < 1.29 is 4.74 Å². The van der Waals surface area contributed by atoms with Crippen molar-refractivity contribution in [1.82, 2.24) is 25.0 Å². The van der Waals surface area contributed by atoms with Crippen molar-refractivity contribution in [2.24, 2.45) is 0 Å². The van der Waals surface area contributed by atoms with Gasteiger partial charge in [-0.05, 0) is 25.5 Å². The largest absolute Gasteiger partial charge is 0.472 e. The van der Waals surface area contributed by atoms with Crippen LogP contribution in [-0.2, 0) is 6.54 Å². The minimum absolute atomic E-state index is 0.0846. The Balaban J connectivity index is 1.50. The second kappa shape index (κ2) is 8.78. The van der Waals surface area contributed by atoms with Crippen LogP contribution in [0, 0.1) is 25.2 Å². The van der Waals surface area contributed by atoms with Crippen molar-refractivity contribution in [2.45, 2.75) is 39.3 Å². The highest BCUT2D eigenvalue weighted by molar-refractivity contribution is 6.33. The minimum atomic E-state index is -0.404. The van der Waals surface area contributed by atoms with Gasteiger partial charge >= 0.3 is 0 Å². The molecule has 0 saturated carbocycles. The number of aromatic nitrogens is 5. The zero-order valence-corrected chi connectivity index (χ0v) is 18.1. The number of rotatable bonds is 6. The third-order valence-corrected chi connectivity index (χ3v) is 5.76. The molecule has 0 bridgehead atoms. The van der Waals surface area contributed by atoms with Crippen molar-refractivity contribution in [2.75, 3.05) is 18.0 Å². The van der Waals surface area contributed by atoms with Crippen molar-refractivity contribution in [1.29, 1.82) is 5.26 Å². The van der Waals surface area contributed by atoms with E-state index in [1.807, 2.05) is 35.6 Å². The van der Waals surface area contributed by atoms with Crippen molar-refractivity contribution in [3.05, 3.63) is 51.3 Å². The smallest absolute Gasteiger partial charge is 0.285 e. The summed E-state index contributed by atoms with van der Waals surface area (Å²) in [5.74, 6) is 0.531. The van der Waals surface area contributed by atoms with E-state index < -0.39 is 5.56 Å². The fourth-order valence-electron chi connectivity index (χ4n) is 3.93. The van der Waals surface area contributed by atoms with Gasteiger partial charge in [0.1, 0.15) is 11.1 Å². The van der Waals surface area contributed by atoms with Crippen LogP contribution < -0.4 is 15.2 Å². The Morgan fingerprint density at radius 3 is 3.06 bits per heavy atom. The number of aryl methyl sites for hydroxylation is 2. The normalized spacial score (nSPS) is 15.8. The monoisotopic (exact) mass is 439 g/mol. The molecule has 1 N–H and O–H groups in total. The number of anilines is 1. The first-order valence-electron chi connectivity index (χ1n) is 10.00. The van der Waals surface area contributed by atoms with Gasteiger partial charge in [-0.25, -0.2) is 10.1 Å². The number of pyridine rings is 1. The van der Waals surface area contributed by atoms with Gasteiger partial charge in [-0.15, -0.1) is 0 Å². The average Bonchev–Trinajstić information content (AvgIpc) is 3.32. The van der Waals surface area contributed by atoms with Gasteiger partial charge in [-0.2, -0.15) is 15.5 Å². The molecule has 0 amide bonds. The van der Waals surface area contributed by atoms with Crippen molar-refractivity contribution in [3.8, 4) is 23.1 Å². The Morgan fingerprint density at radius 1 is 1.42 bits per heavy atom. The third kappa shape index (κ3) is 4.25. The number of nitriles is 1. The number of aromatic amines is 1. The number of hydrogen-bond donors (Lipinski definition) is 1. The van der Waals surface area contributed by atoms with Crippen LogP contribution in [0.2, 0.25) is 5.02 Å². The molecular formula is C21H22ClN7O2. The summed E-state index contributed by atoms with van der Waals surface area (Å²) in [4.78, 5) is 18.1. The maximum Gasteiger partial charge on any atom is 0.285 e. The lowest BCUT2D eigenvalue weighted by molar-refractivity contribution is 0.216. The first kappa shape index (κ1) is 20.9. The van der Waals surface area contributed by atoms with E-state index in [4.69, 9.17) is 21.6 Å². The lowest BCUT2D eigenvalue weighted by Crippen LogP contribution is -2.26. The molecule has 1 fully saturated rings. The van der Waals surface area contributed by atoms with Crippen LogP contribution in [0.1, 0.15) is 24.2 Å². The number of halogens is 1. The van der Waals surface area contributed by atoms with Crippen LogP contribution in [0.25, 0.3) is 11.1 Å². The summed E-state index contributed by atoms with van der Waals surface area (Å²) in [5.41, 5.74) is 4.11. The van der Waals surface area contributed by atoms with E-state index in [1.54, 1.807) is 12.4 Å². The highest BCUT2D eigenvalue weighted by Gasteiger charge is 2.27. The molecule has 0 unspecified atom stereocenters. The summed E-state index contributed by atoms with van der Waals surface area (Å²) >= 11 is 6.13. The topological polar surface area (TPSA) is 113 Å². The Kier molecular flexibility index (Phi) is 5.91. The van der Waals surface area contributed by atoms with Gasteiger partial charge in [-0.3, -0.25) is 9.48 Å². The molecule has 0 aliphatic carbocycles. The maximum atomic E-state index is 11.7. The summed E-state index contributed by atoms with van der Waals surface area (Å²) < 4.78 is 8.00. The molecule has 4 heterocycles. The lowest BCUT2D eigenvalue weighted by Gasteiger charge is -2.19. The van der Waals surface area contributed by atoms with Gasteiger partial charge < -0.3 is 9.64 Å². The predicted octanol–water partition coefficient (Wildman–Crippen LogP) is 2.87. The molecule has 1 saturated heterocycles. The molecule has 1 aliphatic heterocycles. The summed E-state index contributed by atoms with van der Waals surface area (Å²) in [7, 11) is 0. The van der Waals surface area contributed by atoms with Gasteiger partial charge in [0, 0.05) is 36.5 Å². The van der Waals surface area contributed by atoms with Crippen LogP contribution in [0.15, 0.2) is 29.3 Å². The van der Waals surface area contributed by atoms with E-state index >= 15 is 0 Å². The van der Waals surface area contributed by atoms with E-state index in [0.29, 0.717) is 37.6 Å². The third-order valence-electron chi connectivity index (χ3n) is 5.39. The number of ether oxygens (including phenoxy) is 1. The lowest BCUT2D eigenvalue weighted by atomic mass is 10.1.